The predicted molar refractivity (Wildman–Crippen MR) is 136 cm³/mol. The van der Waals surface area contributed by atoms with E-state index in [1.165, 1.54) is 32.1 Å². The van der Waals surface area contributed by atoms with Gasteiger partial charge in [0.1, 0.15) is 6.23 Å². The first-order valence-corrected chi connectivity index (χ1v) is 14.6. The summed E-state index contributed by atoms with van der Waals surface area (Å²) < 4.78 is 24.1. The molecule has 10 heteroatoms. The van der Waals surface area contributed by atoms with Crippen LogP contribution in [0.15, 0.2) is 0 Å². The molecule has 10 nitrogen and oxygen atoms in total. The minimum Gasteiger partial charge on any atom is -0.379 e. The fourth-order valence-corrected chi connectivity index (χ4v) is 7.40. The number of ether oxygens (including phenoxy) is 4. The lowest BCUT2D eigenvalue weighted by Crippen LogP contribution is -2.71. The predicted octanol–water partition coefficient (Wildman–Crippen LogP) is 0.546. The zero-order chi connectivity index (χ0) is 24.5. The van der Waals surface area contributed by atoms with E-state index < -0.39 is 0 Å². The minimum atomic E-state index is -0.180. The van der Waals surface area contributed by atoms with Gasteiger partial charge in [0.15, 0.2) is 6.35 Å². The van der Waals surface area contributed by atoms with Gasteiger partial charge < -0.3 is 24.3 Å². The molecule has 0 aromatic rings. The van der Waals surface area contributed by atoms with Gasteiger partial charge in [-0.05, 0) is 64.2 Å². The molecule has 6 aliphatic rings. The SMILES string of the molecule is COC1CN(C2CC3NC(N2)OCCOCC[C@H](C)NC2CCC4C(C2)C3NN4C2CCCCO2)C1. The van der Waals surface area contributed by atoms with Crippen molar-refractivity contribution in [1.82, 2.24) is 31.3 Å². The maximum atomic E-state index is 6.30. The Bertz CT molecular complexity index is 708. The van der Waals surface area contributed by atoms with Gasteiger partial charge in [-0.3, -0.25) is 15.5 Å². The number of nitrogens with one attached hydrogen (secondary N) is 4. The average molecular weight is 509 g/mol. The Morgan fingerprint density at radius 1 is 0.861 bits per heavy atom. The van der Waals surface area contributed by atoms with Gasteiger partial charge in [0.05, 0.1) is 25.5 Å². The molecule has 0 amide bonds. The average Bonchev–Trinajstić information content (AvgIpc) is 3.24. The summed E-state index contributed by atoms with van der Waals surface area (Å²) in [6, 6.07) is 2.22. The lowest BCUT2D eigenvalue weighted by molar-refractivity contribution is -0.123. The van der Waals surface area contributed by atoms with Crippen LogP contribution in [0.4, 0.5) is 0 Å². The number of likely N-dealkylation sites (tertiary alicyclic amines) is 1. The van der Waals surface area contributed by atoms with Crippen LogP contribution in [-0.2, 0) is 18.9 Å². The third kappa shape index (κ3) is 5.64. The first kappa shape index (κ1) is 25.9. The second-order valence-corrected chi connectivity index (χ2v) is 11.8. The van der Waals surface area contributed by atoms with Gasteiger partial charge in [0.25, 0.3) is 0 Å². The van der Waals surface area contributed by atoms with Crippen molar-refractivity contribution in [2.24, 2.45) is 5.92 Å². The second kappa shape index (κ2) is 11.8. The van der Waals surface area contributed by atoms with Gasteiger partial charge in [-0.2, -0.15) is 0 Å². The molecule has 206 valence electrons. The first-order chi connectivity index (χ1) is 17.7. The van der Waals surface area contributed by atoms with Crippen LogP contribution in [-0.4, -0.2) is 112 Å². The van der Waals surface area contributed by atoms with E-state index in [0.717, 1.165) is 45.6 Å². The number of rotatable bonds is 3. The van der Waals surface area contributed by atoms with Gasteiger partial charge >= 0.3 is 0 Å². The summed E-state index contributed by atoms with van der Waals surface area (Å²) in [7, 11) is 1.82. The zero-order valence-electron chi connectivity index (χ0n) is 22.2. The van der Waals surface area contributed by atoms with E-state index in [0.29, 0.717) is 55.4 Å². The van der Waals surface area contributed by atoms with E-state index in [-0.39, 0.29) is 18.7 Å². The number of hydrogen-bond acceptors (Lipinski definition) is 10. The Morgan fingerprint density at radius 3 is 2.61 bits per heavy atom. The van der Waals surface area contributed by atoms with E-state index in [9.17, 15) is 0 Å². The summed E-state index contributed by atoms with van der Waals surface area (Å²) in [5.41, 5.74) is 4.03. The van der Waals surface area contributed by atoms with Crippen molar-refractivity contribution in [2.75, 3.05) is 46.6 Å². The van der Waals surface area contributed by atoms with E-state index in [2.05, 4.69) is 38.2 Å². The van der Waals surface area contributed by atoms with Crippen LogP contribution in [0.5, 0.6) is 0 Å². The topological polar surface area (TPSA) is 91.5 Å². The molecule has 4 N–H and O–H groups in total. The van der Waals surface area contributed by atoms with Gasteiger partial charge in [0, 0.05) is 63.6 Å². The summed E-state index contributed by atoms with van der Waals surface area (Å²) in [5.74, 6) is 0.579. The van der Waals surface area contributed by atoms with Gasteiger partial charge in [0.2, 0.25) is 0 Å². The van der Waals surface area contributed by atoms with Gasteiger partial charge in [-0.25, -0.2) is 10.4 Å². The summed E-state index contributed by atoms with van der Waals surface area (Å²) in [5, 5.41) is 14.1. The quantitative estimate of drug-likeness (QED) is 0.433. The number of fused-ring (bicyclic) bond motifs is 4. The van der Waals surface area contributed by atoms with Crippen molar-refractivity contribution in [3.8, 4) is 0 Å². The zero-order valence-corrected chi connectivity index (χ0v) is 22.2. The Labute approximate surface area is 216 Å². The van der Waals surface area contributed by atoms with Crippen molar-refractivity contribution in [1.29, 1.82) is 0 Å². The Balaban J connectivity index is 1.23. The van der Waals surface area contributed by atoms with Crippen LogP contribution >= 0.6 is 0 Å². The molecule has 8 unspecified atom stereocenters. The molecule has 6 fully saturated rings. The molecule has 9 atom stereocenters. The molecule has 6 rings (SSSR count). The fraction of sp³-hybridized carbons (Fsp3) is 1.00. The van der Waals surface area contributed by atoms with Crippen LogP contribution in [0, 0.1) is 5.92 Å². The number of methoxy groups -OCH3 is 1. The molecule has 0 spiro atoms. The van der Waals surface area contributed by atoms with E-state index >= 15 is 0 Å². The minimum absolute atomic E-state index is 0.180. The van der Waals surface area contributed by atoms with Crippen molar-refractivity contribution in [3.05, 3.63) is 0 Å². The van der Waals surface area contributed by atoms with E-state index in [1.807, 2.05) is 7.11 Å². The molecule has 5 saturated heterocycles. The summed E-state index contributed by atoms with van der Waals surface area (Å²) in [6.07, 6.45) is 9.93. The molecular weight excluding hydrogens is 460 g/mol. The van der Waals surface area contributed by atoms with Crippen LogP contribution < -0.4 is 21.4 Å². The van der Waals surface area contributed by atoms with Gasteiger partial charge in [-0.15, -0.1) is 0 Å². The summed E-state index contributed by atoms with van der Waals surface area (Å²) in [4.78, 5) is 2.50. The Hall–Kier alpha value is -0.400. The van der Waals surface area contributed by atoms with E-state index in [1.54, 1.807) is 0 Å². The smallest absolute Gasteiger partial charge is 0.165 e. The van der Waals surface area contributed by atoms with Crippen molar-refractivity contribution in [3.63, 3.8) is 0 Å². The van der Waals surface area contributed by atoms with Crippen LogP contribution in [0.1, 0.15) is 58.3 Å². The highest BCUT2D eigenvalue weighted by Crippen LogP contribution is 2.40. The van der Waals surface area contributed by atoms with Crippen molar-refractivity contribution >= 4 is 0 Å². The second-order valence-electron chi connectivity index (χ2n) is 11.8. The summed E-state index contributed by atoms with van der Waals surface area (Å²) >= 11 is 0. The molecule has 0 aromatic heterocycles. The molecule has 5 aliphatic heterocycles. The number of nitrogens with zero attached hydrogens (tertiary/aromatic N) is 2. The van der Waals surface area contributed by atoms with Crippen LogP contribution in [0.25, 0.3) is 0 Å². The Morgan fingerprint density at radius 2 is 1.78 bits per heavy atom. The molecule has 5 heterocycles. The molecular formula is C26H48N6O4. The Kier molecular flexibility index (Phi) is 8.46. The lowest BCUT2D eigenvalue weighted by atomic mass is 9.75. The normalized spacial score (nSPS) is 46.0. The standard InChI is InChI=1S/C26H48N6O4/c1-17-8-10-34-11-12-36-26-28-21(14-23(29-26)31-15-19(16-31)33-2)25-20-13-18(27-17)6-7-22(20)32(30-25)24-5-3-4-9-35-24/h17-30H,3-16H2,1-2H3/t17-,18?,20?,21?,22?,23?,24?,25?,26?/m0/s1. The number of hydrazine groups is 1. The molecule has 4 bridgehead atoms. The maximum Gasteiger partial charge on any atom is 0.165 e. The maximum absolute atomic E-state index is 6.30. The molecule has 0 radical (unpaired) electrons. The summed E-state index contributed by atoms with van der Waals surface area (Å²) in [6.45, 7) is 7.13. The third-order valence-corrected chi connectivity index (χ3v) is 9.44. The largest absolute Gasteiger partial charge is 0.379 e. The molecule has 0 aromatic carbocycles. The third-order valence-electron chi connectivity index (χ3n) is 9.44. The van der Waals surface area contributed by atoms with Crippen molar-refractivity contribution < 1.29 is 18.9 Å². The molecule has 1 aliphatic carbocycles. The number of hydrogen-bond donors (Lipinski definition) is 4. The molecule has 36 heavy (non-hydrogen) atoms. The monoisotopic (exact) mass is 508 g/mol. The van der Waals surface area contributed by atoms with Crippen LogP contribution in [0.2, 0.25) is 0 Å². The molecule has 1 saturated carbocycles. The van der Waals surface area contributed by atoms with Crippen molar-refractivity contribution in [2.45, 2.75) is 113 Å². The fourth-order valence-electron chi connectivity index (χ4n) is 7.40. The van der Waals surface area contributed by atoms with E-state index in [4.69, 9.17) is 18.9 Å². The van der Waals surface area contributed by atoms with Crippen LogP contribution in [0.3, 0.4) is 0 Å². The highest BCUT2D eigenvalue weighted by molar-refractivity contribution is 5.06. The highest BCUT2D eigenvalue weighted by atomic mass is 16.5. The van der Waals surface area contributed by atoms with Gasteiger partial charge in [-0.1, -0.05) is 0 Å². The lowest BCUT2D eigenvalue weighted by Gasteiger charge is -2.50. The first-order valence-electron chi connectivity index (χ1n) is 14.6. The highest BCUT2D eigenvalue weighted by Gasteiger charge is 2.52.